The molecule has 1 saturated carbocycles. The van der Waals surface area contributed by atoms with E-state index in [1.807, 2.05) is 11.3 Å². The molecule has 1 nitrogen and oxygen atoms in total. The number of thiophene rings is 1. The zero-order valence-electron chi connectivity index (χ0n) is 8.92. The number of benzene rings is 1. The van der Waals surface area contributed by atoms with Crippen LogP contribution in [0.4, 0.5) is 0 Å². The maximum absolute atomic E-state index is 3.46. The average molecular weight is 217 g/mol. The van der Waals surface area contributed by atoms with E-state index in [2.05, 4.69) is 42.0 Å². The maximum Gasteiger partial charge on any atom is 0.0345 e. The number of likely N-dealkylation sites (N-methyl/N-ethyl adjacent to an activating group) is 1. The molecule has 0 amide bonds. The summed E-state index contributed by atoms with van der Waals surface area (Å²) in [4.78, 5) is 0. The molecule has 0 spiro atoms. The summed E-state index contributed by atoms with van der Waals surface area (Å²) in [5.74, 6) is 0. The standard InChI is InChI=1S/C13H15NS/c1-14-13(6-7-13)8-10-9-15-12-5-3-2-4-11(10)12/h2-5,9,14H,6-8H2,1H3. The van der Waals surface area contributed by atoms with E-state index in [-0.39, 0.29) is 0 Å². The highest BCUT2D eigenvalue weighted by molar-refractivity contribution is 7.17. The lowest BCUT2D eigenvalue weighted by Crippen LogP contribution is -2.29. The highest BCUT2D eigenvalue weighted by atomic mass is 32.1. The number of hydrogen-bond acceptors (Lipinski definition) is 2. The second-order valence-electron chi connectivity index (χ2n) is 4.46. The number of rotatable bonds is 3. The van der Waals surface area contributed by atoms with Gasteiger partial charge in [-0.05, 0) is 48.7 Å². The van der Waals surface area contributed by atoms with E-state index in [4.69, 9.17) is 0 Å². The summed E-state index contributed by atoms with van der Waals surface area (Å²) in [5, 5.41) is 7.23. The van der Waals surface area contributed by atoms with Gasteiger partial charge in [0, 0.05) is 10.2 Å². The maximum atomic E-state index is 3.46. The van der Waals surface area contributed by atoms with Crippen molar-refractivity contribution in [3.8, 4) is 0 Å². The van der Waals surface area contributed by atoms with E-state index in [1.165, 1.54) is 34.9 Å². The van der Waals surface area contributed by atoms with Crippen LogP contribution in [-0.4, -0.2) is 12.6 Å². The van der Waals surface area contributed by atoms with Gasteiger partial charge >= 0.3 is 0 Å². The van der Waals surface area contributed by atoms with Gasteiger partial charge < -0.3 is 5.32 Å². The molecule has 0 saturated heterocycles. The Morgan fingerprint density at radius 3 is 2.87 bits per heavy atom. The largest absolute Gasteiger partial charge is 0.314 e. The predicted octanol–water partition coefficient (Wildman–Crippen LogP) is 3.20. The van der Waals surface area contributed by atoms with Gasteiger partial charge in [-0.15, -0.1) is 11.3 Å². The lowest BCUT2D eigenvalue weighted by atomic mass is 10.0. The van der Waals surface area contributed by atoms with Gasteiger partial charge in [-0.3, -0.25) is 0 Å². The molecule has 1 aromatic carbocycles. The minimum atomic E-state index is 0.420. The molecule has 0 radical (unpaired) electrons. The Bertz CT molecular complexity index is 482. The summed E-state index contributed by atoms with van der Waals surface area (Å²) >= 11 is 1.87. The Morgan fingerprint density at radius 2 is 2.13 bits per heavy atom. The van der Waals surface area contributed by atoms with E-state index in [0.717, 1.165) is 0 Å². The van der Waals surface area contributed by atoms with E-state index < -0.39 is 0 Å². The van der Waals surface area contributed by atoms with Crippen molar-refractivity contribution < 1.29 is 0 Å². The molecule has 1 fully saturated rings. The topological polar surface area (TPSA) is 12.0 Å². The zero-order valence-corrected chi connectivity index (χ0v) is 9.73. The van der Waals surface area contributed by atoms with Crippen LogP contribution >= 0.6 is 11.3 Å². The van der Waals surface area contributed by atoms with Crippen LogP contribution in [0.5, 0.6) is 0 Å². The van der Waals surface area contributed by atoms with Crippen LogP contribution in [0, 0.1) is 0 Å². The lowest BCUT2D eigenvalue weighted by molar-refractivity contribution is 0.551. The van der Waals surface area contributed by atoms with Crippen molar-refractivity contribution in [3.05, 3.63) is 35.2 Å². The Balaban J connectivity index is 1.98. The first kappa shape index (κ1) is 9.37. The van der Waals surface area contributed by atoms with Crippen LogP contribution in [0.3, 0.4) is 0 Å². The van der Waals surface area contributed by atoms with Crippen molar-refractivity contribution in [1.29, 1.82) is 0 Å². The minimum Gasteiger partial charge on any atom is -0.314 e. The Kier molecular flexibility index (Phi) is 2.08. The fourth-order valence-corrected chi connectivity index (χ4v) is 3.16. The van der Waals surface area contributed by atoms with E-state index >= 15 is 0 Å². The van der Waals surface area contributed by atoms with Gasteiger partial charge in [0.1, 0.15) is 0 Å². The molecule has 1 heterocycles. The highest BCUT2D eigenvalue weighted by Gasteiger charge is 2.41. The van der Waals surface area contributed by atoms with Gasteiger partial charge in [-0.25, -0.2) is 0 Å². The fraction of sp³-hybridized carbons (Fsp3) is 0.385. The van der Waals surface area contributed by atoms with Crippen LogP contribution < -0.4 is 5.32 Å². The van der Waals surface area contributed by atoms with Crippen molar-refractivity contribution in [2.45, 2.75) is 24.8 Å². The SMILES string of the molecule is CNC1(Cc2csc3ccccc23)CC1. The second-order valence-corrected chi connectivity index (χ2v) is 5.38. The molecule has 0 aliphatic heterocycles. The summed E-state index contributed by atoms with van der Waals surface area (Å²) in [6.45, 7) is 0. The van der Waals surface area contributed by atoms with Crippen LogP contribution in [-0.2, 0) is 6.42 Å². The molecule has 15 heavy (non-hydrogen) atoms. The van der Waals surface area contributed by atoms with E-state index in [0.29, 0.717) is 5.54 Å². The first-order valence-corrected chi connectivity index (χ1v) is 6.35. The number of fused-ring (bicyclic) bond motifs is 1. The summed E-state index contributed by atoms with van der Waals surface area (Å²) in [6.07, 6.45) is 3.84. The molecule has 0 bridgehead atoms. The molecule has 2 aromatic rings. The predicted molar refractivity (Wildman–Crippen MR) is 66.6 cm³/mol. The lowest BCUT2D eigenvalue weighted by Gasteiger charge is -2.12. The molecular formula is C13H15NS. The van der Waals surface area contributed by atoms with Crippen LogP contribution in [0.1, 0.15) is 18.4 Å². The van der Waals surface area contributed by atoms with Gasteiger partial charge in [0.15, 0.2) is 0 Å². The van der Waals surface area contributed by atoms with Crippen molar-refractivity contribution in [1.82, 2.24) is 5.32 Å². The van der Waals surface area contributed by atoms with Crippen LogP contribution in [0.25, 0.3) is 10.1 Å². The third kappa shape index (κ3) is 1.58. The first-order valence-electron chi connectivity index (χ1n) is 5.47. The monoisotopic (exact) mass is 217 g/mol. The summed E-state index contributed by atoms with van der Waals surface area (Å²) in [5.41, 5.74) is 1.94. The quantitative estimate of drug-likeness (QED) is 0.832. The Labute approximate surface area is 94.1 Å². The molecule has 78 valence electrons. The van der Waals surface area contributed by atoms with Gasteiger partial charge in [-0.1, -0.05) is 18.2 Å². The summed E-state index contributed by atoms with van der Waals surface area (Å²) < 4.78 is 1.42. The van der Waals surface area contributed by atoms with Crippen molar-refractivity contribution in [2.75, 3.05) is 7.05 Å². The molecule has 0 unspecified atom stereocenters. The number of nitrogens with one attached hydrogen (secondary N) is 1. The molecule has 0 atom stereocenters. The average Bonchev–Trinajstić information content (AvgIpc) is 2.95. The van der Waals surface area contributed by atoms with E-state index in [1.54, 1.807) is 0 Å². The van der Waals surface area contributed by atoms with Crippen molar-refractivity contribution in [2.24, 2.45) is 0 Å². The molecule has 2 heteroatoms. The van der Waals surface area contributed by atoms with Crippen molar-refractivity contribution >= 4 is 21.4 Å². The first-order chi connectivity index (χ1) is 7.33. The minimum absolute atomic E-state index is 0.420. The normalized spacial score (nSPS) is 18.2. The highest BCUT2D eigenvalue weighted by Crippen LogP contribution is 2.40. The Hall–Kier alpha value is -0.860. The van der Waals surface area contributed by atoms with Crippen LogP contribution in [0.2, 0.25) is 0 Å². The van der Waals surface area contributed by atoms with Gasteiger partial charge in [0.25, 0.3) is 0 Å². The zero-order chi connectivity index (χ0) is 10.3. The molecule has 1 N–H and O–H groups in total. The third-order valence-corrected chi connectivity index (χ3v) is 4.49. The van der Waals surface area contributed by atoms with Crippen molar-refractivity contribution in [3.63, 3.8) is 0 Å². The van der Waals surface area contributed by atoms with E-state index in [9.17, 15) is 0 Å². The van der Waals surface area contributed by atoms with Gasteiger partial charge in [0.05, 0.1) is 0 Å². The van der Waals surface area contributed by atoms with Gasteiger partial charge in [0.2, 0.25) is 0 Å². The molecule has 1 aromatic heterocycles. The number of hydrogen-bond donors (Lipinski definition) is 1. The second kappa shape index (κ2) is 3.32. The third-order valence-electron chi connectivity index (χ3n) is 3.47. The van der Waals surface area contributed by atoms with Gasteiger partial charge in [-0.2, -0.15) is 0 Å². The van der Waals surface area contributed by atoms with Crippen LogP contribution in [0.15, 0.2) is 29.6 Å². The Morgan fingerprint density at radius 1 is 1.33 bits per heavy atom. The fourth-order valence-electron chi connectivity index (χ4n) is 2.20. The molecule has 1 aliphatic rings. The smallest absolute Gasteiger partial charge is 0.0345 e. The summed E-state index contributed by atoms with van der Waals surface area (Å²) in [7, 11) is 2.08. The molecule has 3 rings (SSSR count). The summed E-state index contributed by atoms with van der Waals surface area (Å²) in [6, 6.07) is 8.71. The molecule has 1 aliphatic carbocycles. The molecular weight excluding hydrogens is 202 g/mol.